The van der Waals surface area contributed by atoms with Gasteiger partial charge in [-0.2, -0.15) is 5.10 Å². The van der Waals surface area contributed by atoms with E-state index in [0.717, 1.165) is 32.4 Å². The highest BCUT2D eigenvalue weighted by Gasteiger charge is 2.33. The minimum atomic E-state index is -3.03. The van der Waals surface area contributed by atoms with Crippen LogP contribution in [0.4, 0.5) is 17.6 Å². The summed E-state index contributed by atoms with van der Waals surface area (Å²) in [5.41, 5.74) is 1.04. The van der Waals surface area contributed by atoms with Gasteiger partial charge in [0.1, 0.15) is 22.8 Å². The number of hydrogen-bond acceptors (Lipinski definition) is 8. The van der Waals surface area contributed by atoms with Crippen molar-refractivity contribution in [3.05, 3.63) is 63.4 Å². The molecule has 4 heterocycles. The molecule has 3 aliphatic rings. The molecule has 0 N–H and O–H groups in total. The lowest BCUT2D eigenvalue weighted by molar-refractivity contribution is -0.116. The summed E-state index contributed by atoms with van der Waals surface area (Å²) in [4.78, 5) is 24.4. The molecule has 0 spiro atoms. The first-order valence-electron chi connectivity index (χ1n) is 15.2. The fourth-order valence-electron chi connectivity index (χ4n) is 6.36. The third-order valence-electron chi connectivity index (χ3n) is 8.81. The lowest BCUT2D eigenvalue weighted by Gasteiger charge is -2.35. The van der Waals surface area contributed by atoms with Gasteiger partial charge in [0.2, 0.25) is 0 Å². The molecule has 2 aliphatic heterocycles. The van der Waals surface area contributed by atoms with Gasteiger partial charge < -0.3 is 9.57 Å². The monoisotopic (exact) mass is 633 g/mol. The van der Waals surface area contributed by atoms with Gasteiger partial charge in [-0.25, -0.2) is 27.2 Å². The smallest absolute Gasteiger partial charge is 0.282 e. The van der Waals surface area contributed by atoms with Gasteiger partial charge in [0, 0.05) is 36.4 Å². The largest absolute Gasteiger partial charge is 0.493 e. The number of piperidine rings is 1. The number of likely N-dealkylation sites (tertiary alicyclic amines) is 1. The van der Waals surface area contributed by atoms with E-state index in [1.54, 1.807) is 4.90 Å². The Hall–Kier alpha value is -3.32. The second kappa shape index (κ2) is 13.8. The average Bonchev–Trinajstić information content (AvgIpc) is 3.82. The predicted molar refractivity (Wildman–Crippen MR) is 156 cm³/mol. The number of hydrogen-bond donors (Lipinski definition) is 0. The molecule has 1 aromatic carbocycles. The average molecular weight is 634 g/mol. The van der Waals surface area contributed by atoms with Gasteiger partial charge in [-0.1, -0.05) is 42.6 Å². The predicted octanol–water partition coefficient (Wildman–Crippen LogP) is 7.62. The normalized spacial score (nSPS) is 21.0. The number of oxime groups is 1. The number of alkyl halides is 4. The van der Waals surface area contributed by atoms with Gasteiger partial charge in [0.15, 0.2) is 18.6 Å². The van der Waals surface area contributed by atoms with E-state index < -0.39 is 30.4 Å². The first-order chi connectivity index (χ1) is 21.4. The van der Waals surface area contributed by atoms with Crippen LogP contribution in [-0.2, 0) is 9.63 Å². The molecule has 2 unspecified atom stereocenters. The van der Waals surface area contributed by atoms with E-state index in [-0.39, 0.29) is 12.0 Å². The molecule has 0 radical (unpaired) electrons. The molecule has 1 saturated heterocycles. The van der Waals surface area contributed by atoms with E-state index in [4.69, 9.17) is 14.6 Å². The van der Waals surface area contributed by atoms with Crippen LogP contribution in [0.5, 0.6) is 5.75 Å². The van der Waals surface area contributed by atoms with Crippen LogP contribution in [0.15, 0.2) is 40.9 Å². The number of thiazole rings is 1. The van der Waals surface area contributed by atoms with Crippen molar-refractivity contribution in [3.8, 4) is 5.75 Å². The molecule has 13 heteroatoms. The number of benzene rings is 1. The number of halogens is 4. The van der Waals surface area contributed by atoms with Crippen molar-refractivity contribution in [2.45, 2.75) is 82.4 Å². The Balaban J connectivity index is 1.06. The summed E-state index contributed by atoms with van der Waals surface area (Å²) < 4.78 is 60.4. The topological polar surface area (TPSA) is 81.8 Å². The number of nitrogens with zero attached hydrogens (tertiary/aromatic N) is 5. The number of rotatable bonds is 11. The van der Waals surface area contributed by atoms with Crippen LogP contribution in [0.2, 0.25) is 0 Å². The van der Waals surface area contributed by atoms with Gasteiger partial charge in [-0.15, -0.1) is 11.3 Å². The maximum atomic E-state index is 13.6. The van der Waals surface area contributed by atoms with Crippen molar-refractivity contribution < 1.29 is 31.9 Å². The van der Waals surface area contributed by atoms with Crippen LogP contribution in [0.25, 0.3) is 0 Å². The van der Waals surface area contributed by atoms with E-state index in [2.05, 4.69) is 10.3 Å². The highest BCUT2D eigenvalue weighted by Crippen LogP contribution is 2.38. The van der Waals surface area contributed by atoms with Crippen molar-refractivity contribution in [3.63, 3.8) is 0 Å². The fourth-order valence-corrected chi connectivity index (χ4v) is 7.36. The second-order valence-corrected chi connectivity index (χ2v) is 12.5. The molecular weight excluding hydrogens is 598 g/mol. The maximum Gasteiger partial charge on any atom is 0.282 e. The summed E-state index contributed by atoms with van der Waals surface area (Å²) in [6.07, 6.45) is 1.09. The zero-order chi connectivity index (χ0) is 30.6. The number of aromatic nitrogens is 3. The molecule has 3 aromatic rings. The van der Waals surface area contributed by atoms with Crippen molar-refractivity contribution in [2.24, 2.45) is 11.1 Å². The van der Waals surface area contributed by atoms with E-state index in [0.29, 0.717) is 57.2 Å². The van der Waals surface area contributed by atoms with Crippen molar-refractivity contribution in [2.75, 3.05) is 19.7 Å². The number of para-hydroxylation sites is 1. The summed E-state index contributed by atoms with van der Waals surface area (Å²) in [7, 11) is 0. The van der Waals surface area contributed by atoms with Gasteiger partial charge in [-0.05, 0) is 43.7 Å². The maximum absolute atomic E-state index is 13.6. The van der Waals surface area contributed by atoms with Gasteiger partial charge in [0.05, 0.1) is 17.3 Å². The Kier molecular flexibility index (Phi) is 9.60. The van der Waals surface area contributed by atoms with Crippen molar-refractivity contribution in [1.29, 1.82) is 0 Å². The summed E-state index contributed by atoms with van der Waals surface area (Å²) in [5, 5.41) is 10.9. The summed E-state index contributed by atoms with van der Waals surface area (Å²) in [5.74, 6) is 1.53. The molecule has 236 valence electrons. The van der Waals surface area contributed by atoms with E-state index in [1.165, 1.54) is 43.4 Å². The van der Waals surface area contributed by atoms with E-state index >= 15 is 0 Å². The second-order valence-electron chi connectivity index (χ2n) is 11.7. The summed E-state index contributed by atoms with van der Waals surface area (Å²) in [6.45, 7) is 1.52. The molecule has 2 aromatic heterocycles. The first kappa shape index (κ1) is 30.7. The zero-order valence-corrected chi connectivity index (χ0v) is 25.0. The van der Waals surface area contributed by atoms with Gasteiger partial charge >= 0.3 is 0 Å². The summed E-state index contributed by atoms with van der Waals surface area (Å²) in [6, 6.07) is 8.62. The van der Waals surface area contributed by atoms with Crippen LogP contribution in [0, 0.1) is 5.92 Å². The molecule has 0 bridgehead atoms. The van der Waals surface area contributed by atoms with Crippen LogP contribution >= 0.6 is 11.3 Å². The third kappa shape index (κ3) is 6.68. The number of carbonyl (C=O) groups excluding carboxylic acids is 1. The summed E-state index contributed by atoms with van der Waals surface area (Å²) >= 11 is 1.53. The number of aldehydes is 1. The minimum Gasteiger partial charge on any atom is -0.493 e. The van der Waals surface area contributed by atoms with Crippen LogP contribution in [-0.4, -0.2) is 51.4 Å². The molecule has 1 saturated carbocycles. The van der Waals surface area contributed by atoms with Crippen LogP contribution < -0.4 is 4.74 Å². The Morgan fingerprint density at radius 1 is 1.05 bits per heavy atom. The Bertz CT molecular complexity index is 1450. The zero-order valence-electron chi connectivity index (χ0n) is 24.2. The SMILES string of the molecule is O=CC(N1CCC(c2nc(C3=NOC(c4ccccc4OCC4CCCCC4)C3)cs2)CC1)n1nc(C(F)F)cc1C(F)F. The molecule has 8 nitrogen and oxygen atoms in total. The van der Waals surface area contributed by atoms with Gasteiger partial charge in [-0.3, -0.25) is 9.69 Å². The minimum absolute atomic E-state index is 0.105. The Morgan fingerprint density at radius 2 is 1.82 bits per heavy atom. The van der Waals surface area contributed by atoms with Crippen LogP contribution in [0.3, 0.4) is 0 Å². The molecule has 1 aliphatic carbocycles. The quantitative estimate of drug-likeness (QED) is 0.160. The van der Waals surface area contributed by atoms with Gasteiger partial charge in [0.25, 0.3) is 12.9 Å². The first-order valence-corrected chi connectivity index (χ1v) is 16.0. The Labute approximate surface area is 257 Å². The highest BCUT2D eigenvalue weighted by molar-refractivity contribution is 7.10. The number of ether oxygens (including phenoxy) is 1. The molecular formula is C31H35F4N5O3S. The van der Waals surface area contributed by atoms with E-state index in [9.17, 15) is 22.4 Å². The third-order valence-corrected chi connectivity index (χ3v) is 9.81. The lowest BCUT2D eigenvalue weighted by Crippen LogP contribution is -2.40. The molecule has 0 amide bonds. The fraction of sp³-hybridized carbons (Fsp3) is 0.548. The number of carbonyl (C=O) groups is 1. The van der Waals surface area contributed by atoms with Crippen molar-refractivity contribution >= 4 is 23.3 Å². The molecule has 6 rings (SSSR count). The van der Waals surface area contributed by atoms with Crippen molar-refractivity contribution in [1.82, 2.24) is 19.7 Å². The molecule has 44 heavy (non-hydrogen) atoms. The van der Waals surface area contributed by atoms with E-state index in [1.807, 2.05) is 29.6 Å². The lowest BCUT2D eigenvalue weighted by atomic mass is 9.90. The van der Waals surface area contributed by atoms with Crippen LogP contribution in [0.1, 0.15) is 110 Å². The Morgan fingerprint density at radius 3 is 2.55 bits per heavy atom. The highest BCUT2D eigenvalue weighted by atomic mass is 32.1. The standard InChI is InChI=1S/C31H35F4N5O3S/c32-29(33)23-14-25(30(34)35)40(37-23)28(16-41)39-12-10-20(11-13-39)31-36-24(18-44-31)22-15-27(43-38-22)21-8-4-5-9-26(21)42-17-19-6-2-1-3-7-19/h4-5,8-9,14,16,18-20,27-30H,1-3,6-7,10-13,15,17H2. The molecule has 2 atom stereocenters. The molecule has 2 fully saturated rings.